The molecule has 1 atom stereocenters. The summed E-state index contributed by atoms with van der Waals surface area (Å²) >= 11 is 0. The highest BCUT2D eigenvalue weighted by molar-refractivity contribution is 5.81. The molecule has 0 radical (unpaired) electrons. The van der Waals surface area contributed by atoms with E-state index in [0.29, 0.717) is 13.1 Å². The number of hydrogen-bond donors (Lipinski definition) is 1. The molecule has 0 aliphatic heterocycles. The summed E-state index contributed by atoms with van der Waals surface area (Å²) in [7, 11) is 1.96. The lowest BCUT2D eigenvalue weighted by molar-refractivity contribution is -0.125. The van der Waals surface area contributed by atoms with Gasteiger partial charge in [0, 0.05) is 24.3 Å². The Morgan fingerprint density at radius 3 is 2.67 bits per heavy atom. The molecule has 1 aromatic heterocycles. The largest absolute Gasteiger partial charge is 0.351 e. The van der Waals surface area contributed by atoms with Gasteiger partial charge in [0.15, 0.2) is 0 Å². The van der Waals surface area contributed by atoms with E-state index in [1.54, 1.807) is 6.08 Å². The third-order valence-corrected chi connectivity index (χ3v) is 4.31. The summed E-state index contributed by atoms with van der Waals surface area (Å²) in [5, 5.41) is 7.50. The number of carbonyl (C=O) groups is 1. The fourth-order valence-corrected chi connectivity index (χ4v) is 2.63. The Hall–Kier alpha value is -2.40. The lowest BCUT2D eigenvalue weighted by Crippen LogP contribution is -2.43. The monoisotopic (exact) mass is 326 g/mol. The molecule has 0 spiro atoms. The molecule has 0 fully saturated rings. The van der Waals surface area contributed by atoms with E-state index >= 15 is 0 Å². The fourth-order valence-electron chi connectivity index (χ4n) is 2.63. The highest BCUT2D eigenvalue weighted by Gasteiger charge is 2.21. The zero-order valence-electron chi connectivity index (χ0n) is 14.9. The summed E-state index contributed by atoms with van der Waals surface area (Å²) < 4.78 is 1.96. The molecule has 1 heterocycles. The number of aryl methyl sites for hydroxylation is 1. The van der Waals surface area contributed by atoms with Crippen LogP contribution in [-0.2, 0) is 11.3 Å². The molecule has 0 saturated heterocycles. The number of rotatable bonds is 7. The van der Waals surface area contributed by atoms with Crippen molar-refractivity contribution in [1.29, 1.82) is 0 Å². The first-order valence-electron chi connectivity index (χ1n) is 8.15. The third-order valence-electron chi connectivity index (χ3n) is 4.31. The molecule has 2 rings (SSSR count). The number of amides is 1. The van der Waals surface area contributed by atoms with Crippen LogP contribution < -0.4 is 5.32 Å². The number of aromatic nitrogens is 2. The Labute approximate surface area is 144 Å². The number of nitrogens with one attached hydrogen (secondary N) is 1. The van der Waals surface area contributed by atoms with Gasteiger partial charge < -0.3 is 5.32 Å². The number of hydrogen-bond acceptors (Lipinski definition) is 3. The van der Waals surface area contributed by atoms with E-state index in [1.165, 1.54) is 0 Å². The van der Waals surface area contributed by atoms with Crippen molar-refractivity contribution in [1.82, 2.24) is 20.0 Å². The van der Waals surface area contributed by atoms with Crippen LogP contribution in [0.2, 0.25) is 0 Å². The molecule has 128 valence electrons. The number of likely N-dealkylation sites (N-methyl/N-ethyl adjacent to an activating group) is 1. The summed E-state index contributed by atoms with van der Waals surface area (Å²) in [6.07, 6.45) is 1.68. The molecule has 1 N–H and O–H groups in total. The third kappa shape index (κ3) is 3.92. The molecule has 5 nitrogen and oxygen atoms in total. The van der Waals surface area contributed by atoms with Crippen LogP contribution >= 0.6 is 0 Å². The first-order chi connectivity index (χ1) is 11.5. The maximum Gasteiger partial charge on any atom is 0.237 e. The first-order valence-corrected chi connectivity index (χ1v) is 8.15. The van der Waals surface area contributed by atoms with Crippen LogP contribution in [0.5, 0.6) is 0 Å². The molecule has 0 aliphatic carbocycles. The molecular weight excluding hydrogens is 300 g/mol. The zero-order valence-corrected chi connectivity index (χ0v) is 14.9. The van der Waals surface area contributed by atoms with Gasteiger partial charge >= 0.3 is 0 Å². The van der Waals surface area contributed by atoms with Crippen molar-refractivity contribution in [3.63, 3.8) is 0 Å². The molecule has 1 aromatic carbocycles. The van der Waals surface area contributed by atoms with Crippen molar-refractivity contribution >= 4 is 5.91 Å². The predicted molar refractivity (Wildman–Crippen MR) is 97.2 cm³/mol. The van der Waals surface area contributed by atoms with Crippen LogP contribution in [0.15, 0.2) is 43.0 Å². The predicted octanol–water partition coefficient (Wildman–Crippen LogP) is 2.61. The van der Waals surface area contributed by atoms with E-state index in [0.717, 1.165) is 22.6 Å². The second-order valence-electron chi connectivity index (χ2n) is 6.02. The van der Waals surface area contributed by atoms with E-state index in [-0.39, 0.29) is 11.9 Å². The molecule has 2 aromatic rings. The minimum Gasteiger partial charge on any atom is -0.351 e. The Morgan fingerprint density at radius 2 is 2.04 bits per heavy atom. The molecule has 0 aliphatic rings. The van der Waals surface area contributed by atoms with E-state index in [9.17, 15) is 4.79 Å². The van der Waals surface area contributed by atoms with Gasteiger partial charge in [-0.2, -0.15) is 5.10 Å². The van der Waals surface area contributed by atoms with Crippen LogP contribution in [0.4, 0.5) is 0 Å². The van der Waals surface area contributed by atoms with Gasteiger partial charge in [-0.15, -0.1) is 6.58 Å². The molecule has 24 heavy (non-hydrogen) atoms. The molecule has 1 unspecified atom stereocenters. The maximum atomic E-state index is 12.1. The van der Waals surface area contributed by atoms with Crippen molar-refractivity contribution in [2.45, 2.75) is 33.4 Å². The van der Waals surface area contributed by atoms with Crippen molar-refractivity contribution in [3.05, 3.63) is 59.9 Å². The second-order valence-corrected chi connectivity index (χ2v) is 6.02. The summed E-state index contributed by atoms with van der Waals surface area (Å²) in [4.78, 5) is 14.1. The average Bonchev–Trinajstić information content (AvgIpc) is 2.87. The summed E-state index contributed by atoms with van der Waals surface area (Å²) in [5.41, 5.74) is 4.29. The van der Waals surface area contributed by atoms with Gasteiger partial charge in [-0.25, -0.2) is 4.68 Å². The van der Waals surface area contributed by atoms with Crippen LogP contribution in [-0.4, -0.2) is 40.2 Å². The van der Waals surface area contributed by atoms with Crippen molar-refractivity contribution < 1.29 is 4.79 Å². The second kappa shape index (κ2) is 7.93. The van der Waals surface area contributed by atoms with Gasteiger partial charge in [-0.05, 0) is 40.0 Å². The van der Waals surface area contributed by atoms with E-state index in [1.807, 2.05) is 60.8 Å². The van der Waals surface area contributed by atoms with E-state index < -0.39 is 0 Å². The van der Waals surface area contributed by atoms with Crippen LogP contribution in [0.3, 0.4) is 0 Å². The fraction of sp³-hybridized carbons (Fsp3) is 0.368. The van der Waals surface area contributed by atoms with Gasteiger partial charge in [0.1, 0.15) is 0 Å². The lowest BCUT2D eigenvalue weighted by atomic mass is 10.1. The Bertz CT molecular complexity index is 706. The minimum atomic E-state index is -0.219. The number of carbonyl (C=O) groups excluding carboxylic acids is 1. The summed E-state index contributed by atoms with van der Waals surface area (Å²) in [6.45, 7) is 10.8. The lowest BCUT2D eigenvalue weighted by Gasteiger charge is -2.23. The van der Waals surface area contributed by atoms with Crippen molar-refractivity contribution in [2.24, 2.45) is 0 Å². The topological polar surface area (TPSA) is 50.2 Å². The molecule has 1 amide bonds. The van der Waals surface area contributed by atoms with Gasteiger partial charge in [-0.3, -0.25) is 9.69 Å². The quantitative estimate of drug-likeness (QED) is 0.796. The first kappa shape index (κ1) is 17.9. The maximum absolute atomic E-state index is 12.1. The van der Waals surface area contributed by atoms with Crippen molar-refractivity contribution in [3.8, 4) is 5.69 Å². The smallest absolute Gasteiger partial charge is 0.237 e. The van der Waals surface area contributed by atoms with E-state index in [2.05, 4.69) is 23.9 Å². The summed E-state index contributed by atoms with van der Waals surface area (Å²) in [6, 6.07) is 9.86. The number of para-hydroxylation sites is 1. The van der Waals surface area contributed by atoms with Crippen LogP contribution in [0.25, 0.3) is 5.69 Å². The number of benzene rings is 1. The van der Waals surface area contributed by atoms with E-state index in [4.69, 9.17) is 0 Å². The average molecular weight is 326 g/mol. The Morgan fingerprint density at radius 1 is 1.38 bits per heavy atom. The van der Waals surface area contributed by atoms with Gasteiger partial charge in [-0.1, -0.05) is 24.3 Å². The molecule has 0 bridgehead atoms. The normalized spacial score (nSPS) is 12.2. The summed E-state index contributed by atoms with van der Waals surface area (Å²) in [5.74, 6) is 0.00292. The molecular formula is C19H26N4O. The zero-order chi connectivity index (χ0) is 17.7. The Kier molecular flexibility index (Phi) is 5.93. The van der Waals surface area contributed by atoms with Gasteiger partial charge in [0.05, 0.1) is 17.4 Å². The van der Waals surface area contributed by atoms with Gasteiger partial charge in [0.25, 0.3) is 0 Å². The minimum absolute atomic E-state index is 0.00292. The SMILES string of the molecule is C=CCNC(=O)C(C)N(C)Cc1c(C)nn(-c2ccccc2)c1C. The van der Waals surface area contributed by atoms with Crippen molar-refractivity contribution in [2.75, 3.05) is 13.6 Å². The van der Waals surface area contributed by atoms with Crippen LogP contribution in [0, 0.1) is 13.8 Å². The molecule has 5 heteroatoms. The van der Waals surface area contributed by atoms with Gasteiger partial charge in [0.2, 0.25) is 5.91 Å². The standard InChI is InChI=1S/C19H26N4O/c1-6-12-20-19(24)16(4)22(5)13-18-14(2)21-23(15(18)3)17-10-8-7-9-11-17/h6-11,16H,1,12-13H2,2-5H3,(H,20,24). The molecule has 0 saturated carbocycles. The highest BCUT2D eigenvalue weighted by atomic mass is 16.2. The number of nitrogens with zero attached hydrogens (tertiary/aromatic N) is 3. The Balaban J connectivity index is 2.17. The highest BCUT2D eigenvalue weighted by Crippen LogP contribution is 2.19. The van der Waals surface area contributed by atoms with Crippen LogP contribution in [0.1, 0.15) is 23.9 Å².